The molecular formula is C11H14O2Zr. The Balaban J connectivity index is 0. The third-order valence-corrected chi connectivity index (χ3v) is 1.18. The maximum atomic E-state index is 10.6. The van der Waals surface area contributed by atoms with E-state index in [1.165, 1.54) is 13.8 Å². The molecule has 0 fully saturated rings. The molecule has 0 amide bonds. The van der Waals surface area contributed by atoms with Gasteiger partial charge in [-0.2, -0.15) is 0 Å². The van der Waals surface area contributed by atoms with Crippen molar-refractivity contribution in [3.05, 3.63) is 35.9 Å². The van der Waals surface area contributed by atoms with Gasteiger partial charge in [-0.1, -0.05) is 30.3 Å². The van der Waals surface area contributed by atoms with Crippen LogP contribution in [-0.4, -0.2) is 11.6 Å². The van der Waals surface area contributed by atoms with E-state index in [0.717, 1.165) is 5.56 Å². The molecular weight excluding hydrogens is 255 g/mol. The minimum atomic E-state index is 0. The van der Waals surface area contributed by atoms with Crippen LogP contribution in [0.1, 0.15) is 31.1 Å². The summed E-state index contributed by atoms with van der Waals surface area (Å²) in [5.74, 6) is 0.288. The molecule has 0 radical (unpaired) electrons. The Labute approximate surface area is 104 Å². The van der Waals surface area contributed by atoms with E-state index in [-0.39, 0.29) is 37.8 Å². The first-order valence-corrected chi connectivity index (χ1v) is 4.07. The SMILES string of the molecule is CC(=O)c1ccccc1.CC(C)=O.[Zr]. The summed E-state index contributed by atoms with van der Waals surface area (Å²) in [5.41, 5.74) is 0.775. The molecule has 0 saturated heterocycles. The largest absolute Gasteiger partial charge is 0.300 e. The topological polar surface area (TPSA) is 34.1 Å². The number of Topliss-reactive ketones (excluding diaryl/α,β-unsaturated/α-hetero) is 2. The van der Waals surface area contributed by atoms with Gasteiger partial charge in [-0.15, -0.1) is 0 Å². The van der Waals surface area contributed by atoms with Crippen molar-refractivity contribution < 1.29 is 35.8 Å². The van der Waals surface area contributed by atoms with Crippen molar-refractivity contribution in [1.29, 1.82) is 0 Å². The quantitative estimate of drug-likeness (QED) is 0.734. The van der Waals surface area contributed by atoms with Crippen molar-refractivity contribution in [2.45, 2.75) is 20.8 Å². The summed E-state index contributed by atoms with van der Waals surface area (Å²) in [5, 5.41) is 0. The fourth-order valence-corrected chi connectivity index (χ4v) is 0.673. The minimum Gasteiger partial charge on any atom is -0.300 e. The first kappa shape index (κ1) is 15.9. The van der Waals surface area contributed by atoms with Crippen LogP contribution in [0.25, 0.3) is 0 Å². The molecule has 0 atom stereocenters. The van der Waals surface area contributed by atoms with Crippen LogP contribution >= 0.6 is 0 Å². The Hall–Kier alpha value is -0.557. The number of benzene rings is 1. The van der Waals surface area contributed by atoms with Gasteiger partial charge in [-0.25, -0.2) is 0 Å². The molecule has 3 heteroatoms. The first-order valence-electron chi connectivity index (χ1n) is 4.07. The average molecular weight is 269 g/mol. The number of carbonyl (C=O) groups is 2. The second kappa shape index (κ2) is 9.02. The summed E-state index contributed by atoms with van der Waals surface area (Å²) in [6, 6.07) is 9.23. The van der Waals surface area contributed by atoms with Gasteiger partial charge in [0.2, 0.25) is 0 Å². The molecule has 74 valence electrons. The van der Waals surface area contributed by atoms with Crippen molar-refractivity contribution in [3.63, 3.8) is 0 Å². The number of hydrogen-bond acceptors (Lipinski definition) is 2. The van der Waals surface area contributed by atoms with Gasteiger partial charge in [0.1, 0.15) is 5.78 Å². The Morgan fingerprint density at radius 3 is 1.50 bits per heavy atom. The monoisotopic (exact) mass is 268 g/mol. The van der Waals surface area contributed by atoms with E-state index in [0.29, 0.717) is 0 Å². The van der Waals surface area contributed by atoms with Crippen molar-refractivity contribution in [2.75, 3.05) is 0 Å². The summed E-state index contributed by atoms with van der Waals surface area (Å²) in [4.78, 5) is 20.1. The smallest absolute Gasteiger partial charge is 0.159 e. The summed E-state index contributed by atoms with van der Waals surface area (Å²) in [7, 11) is 0. The van der Waals surface area contributed by atoms with Crippen molar-refractivity contribution in [2.24, 2.45) is 0 Å². The molecule has 1 rings (SSSR count). The van der Waals surface area contributed by atoms with E-state index in [2.05, 4.69) is 0 Å². The van der Waals surface area contributed by atoms with Gasteiger partial charge < -0.3 is 4.79 Å². The van der Waals surface area contributed by atoms with E-state index >= 15 is 0 Å². The molecule has 2 nitrogen and oxygen atoms in total. The van der Waals surface area contributed by atoms with Crippen LogP contribution in [0.2, 0.25) is 0 Å². The van der Waals surface area contributed by atoms with Gasteiger partial charge in [0.05, 0.1) is 0 Å². The molecule has 0 aliphatic carbocycles. The summed E-state index contributed by atoms with van der Waals surface area (Å²) >= 11 is 0. The maximum Gasteiger partial charge on any atom is 0.159 e. The molecule has 0 spiro atoms. The Morgan fingerprint density at radius 2 is 1.29 bits per heavy atom. The molecule has 0 aliphatic rings. The minimum absolute atomic E-state index is 0. The predicted octanol–water partition coefficient (Wildman–Crippen LogP) is 2.48. The Morgan fingerprint density at radius 1 is 0.929 bits per heavy atom. The van der Waals surface area contributed by atoms with Gasteiger partial charge in [0.25, 0.3) is 0 Å². The summed E-state index contributed by atoms with van der Waals surface area (Å²) < 4.78 is 0. The van der Waals surface area contributed by atoms with E-state index in [9.17, 15) is 9.59 Å². The van der Waals surface area contributed by atoms with Gasteiger partial charge >= 0.3 is 0 Å². The molecule has 14 heavy (non-hydrogen) atoms. The standard InChI is InChI=1S/C8H8O.C3H6O.Zr/c1-7(9)8-5-3-2-4-6-8;1-3(2)4;/h2-6H,1H3;1-2H3;. The fourth-order valence-electron chi connectivity index (χ4n) is 0.673. The second-order valence-electron chi connectivity index (χ2n) is 2.83. The normalized spacial score (nSPS) is 7.64. The maximum absolute atomic E-state index is 10.6. The molecule has 1 aromatic rings. The zero-order valence-corrected chi connectivity index (χ0v) is 11.2. The van der Waals surface area contributed by atoms with Gasteiger partial charge in [-0.3, -0.25) is 4.79 Å². The van der Waals surface area contributed by atoms with Crippen LogP contribution < -0.4 is 0 Å². The fraction of sp³-hybridized carbons (Fsp3) is 0.273. The van der Waals surface area contributed by atoms with Crippen LogP contribution in [0.15, 0.2) is 30.3 Å². The molecule has 0 heterocycles. The average Bonchev–Trinajstić information content (AvgIpc) is 2.05. The van der Waals surface area contributed by atoms with Crippen LogP contribution in [0.5, 0.6) is 0 Å². The number of carbonyl (C=O) groups excluding carboxylic acids is 2. The Bertz CT molecular complexity index is 277. The van der Waals surface area contributed by atoms with E-state index in [4.69, 9.17) is 0 Å². The van der Waals surface area contributed by atoms with Crippen LogP contribution in [0, 0.1) is 0 Å². The van der Waals surface area contributed by atoms with Gasteiger partial charge in [0.15, 0.2) is 5.78 Å². The summed E-state index contributed by atoms with van der Waals surface area (Å²) in [6.07, 6.45) is 0. The molecule has 0 aromatic heterocycles. The molecule has 0 saturated carbocycles. The van der Waals surface area contributed by atoms with Crippen molar-refractivity contribution in [1.82, 2.24) is 0 Å². The molecule has 0 unspecified atom stereocenters. The zero-order chi connectivity index (χ0) is 10.3. The van der Waals surface area contributed by atoms with Crippen molar-refractivity contribution >= 4 is 11.6 Å². The molecule has 0 bridgehead atoms. The second-order valence-corrected chi connectivity index (χ2v) is 2.83. The van der Waals surface area contributed by atoms with E-state index in [1.54, 1.807) is 6.92 Å². The van der Waals surface area contributed by atoms with Crippen LogP contribution in [-0.2, 0) is 31.0 Å². The number of ketones is 2. The third-order valence-electron chi connectivity index (χ3n) is 1.18. The van der Waals surface area contributed by atoms with Crippen LogP contribution in [0.4, 0.5) is 0 Å². The molecule has 1 aromatic carbocycles. The van der Waals surface area contributed by atoms with Gasteiger partial charge in [0, 0.05) is 31.8 Å². The van der Waals surface area contributed by atoms with Crippen molar-refractivity contribution in [3.8, 4) is 0 Å². The zero-order valence-electron chi connectivity index (χ0n) is 8.70. The summed E-state index contributed by atoms with van der Waals surface area (Å²) in [6.45, 7) is 4.62. The van der Waals surface area contributed by atoms with Gasteiger partial charge in [-0.05, 0) is 20.8 Å². The molecule has 0 aliphatic heterocycles. The predicted molar refractivity (Wildman–Crippen MR) is 52.8 cm³/mol. The number of rotatable bonds is 1. The first-order chi connectivity index (χ1) is 6.04. The molecule has 0 N–H and O–H groups in total. The Kier molecular flexibility index (Phi) is 10.2. The van der Waals surface area contributed by atoms with Crippen LogP contribution in [0.3, 0.4) is 0 Å². The number of hydrogen-bond donors (Lipinski definition) is 0. The van der Waals surface area contributed by atoms with E-state index in [1.807, 2.05) is 30.3 Å². The third kappa shape index (κ3) is 9.53. The van der Waals surface area contributed by atoms with E-state index < -0.39 is 0 Å².